The summed E-state index contributed by atoms with van der Waals surface area (Å²) in [7, 11) is 0. The first-order valence-corrected chi connectivity index (χ1v) is 12.8. The van der Waals surface area contributed by atoms with Gasteiger partial charge in [-0.25, -0.2) is 4.39 Å². The third kappa shape index (κ3) is 4.48. The molecule has 1 aliphatic rings. The van der Waals surface area contributed by atoms with Crippen molar-refractivity contribution in [1.29, 1.82) is 0 Å². The van der Waals surface area contributed by atoms with E-state index in [2.05, 4.69) is 5.32 Å². The summed E-state index contributed by atoms with van der Waals surface area (Å²) in [6.45, 7) is 6.60. The van der Waals surface area contributed by atoms with Gasteiger partial charge in [-0.2, -0.15) is 0 Å². The van der Waals surface area contributed by atoms with E-state index in [1.807, 2.05) is 67.1 Å². The maximum atomic E-state index is 13.8. The number of thiophene rings is 1. The first-order valence-electron chi connectivity index (χ1n) is 11.9. The van der Waals surface area contributed by atoms with Crippen LogP contribution < -0.4 is 10.1 Å². The monoisotopic (exact) mass is 505 g/mol. The number of ether oxygens (including phenoxy) is 1. The molecule has 0 spiro atoms. The molecule has 3 heterocycles. The molecule has 6 nitrogen and oxygen atoms in total. The lowest BCUT2D eigenvalue weighted by Crippen LogP contribution is -2.63. The van der Waals surface area contributed by atoms with Crippen LogP contribution in [0.4, 0.5) is 4.39 Å². The molecule has 0 unspecified atom stereocenters. The summed E-state index contributed by atoms with van der Waals surface area (Å²) < 4.78 is 21.0. The van der Waals surface area contributed by atoms with Crippen LogP contribution in [0.5, 0.6) is 5.75 Å². The lowest BCUT2D eigenvalue weighted by molar-refractivity contribution is -0.133. The van der Waals surface area contributed by atoms with Crippen molar-refractivity contribution < 1.29 is 18.7 Å². The zero-order valence-corrected chi connectivity index (χ0v) is 21.3. The molecule has 1 N–H and O–H groups in total. The van der Waals surface area contributed by atoms with Crippen molar-refractivity contribution in [3.63, 3.8) is 0 Å². The van der Waals surface area contributed by atoms with Crippen LogP contribution in [0, 0.1) is 5.82 Å². The van der Waals surface area contributed by atoms with Crippen molar-refractivity contribution in [3.05, 3.63) is 88.7 Å². The maximum absolute atomic E-state index is 13.8. The van der Waals surface area contributed by atoms with Gasteiger partial charge in [0.2, 0.25) is 5.91 Å². The Morgan fingerprint density at radius 2 is 1.81 bits per heavy atom. The Hall–Kier alpha value is -3.65. The molecule has 0 fully saturated rings. The lowest BCUT2D eigenvalue weighted by Gasteiger charge is -2.44. The molecule has 1 aliphatic heterocycles. The molecule has 0 bridgehead atoms. The van der Waals surface area contributed by atoms with E-state index in [-0.39, 0.29) is 36.8 Å². The van der Waals surface area contributed by atoms with E-state index >= 15 is 0 Å². The van der Waals surface area contributed by atoms with Crippen LogP contribution in [0.3, 0.4) is 0 Å². The molecule has 0 saturated carbocycles. The summed E-state index contributed by atoms with van der Waals surface area (Å²) in [6, 6.07) is 17.5. The minimum absolute atomic E-state index is 0.0641. The van der Waals surface area contributed by atoms with Gasteiger partial charge in [0.1, 0.15) is 27.6 Å². The number of amides is 2. The minimum Gasteiger partial charge on any atom is -0.491 e. The van der Waals surface area contributed by atoms with Crippen molar-refractivity contribution >= 4 is 33.4 Å². The van der Waals surface area contributed by atoms with Crippen LogP contribution in [0.2, 0.25) is 0 Å². The summed E-state index contributed by atoms with van der Waals surface area (Å²) in [4.78, 5) is 30.1. The van der Waals surface area contributed by atoms with Gasteiger partial charge in [-0.1, -0.05) is 24.3 Å². The Labute approximate surface area is 213 Å². The highest BCUT2D eigenvalue weighted by Crippen LogP contribution is 2.35. The Bertz CT molecular complexity index is 1410. The van der Waals surface area contributed by atoms with Crippen molar-refractivity contribution in [3.8, 4) is 5.75 Å². The van der Waals surface area contributed by atoms with E-state index in [1.165, 1.54) is 12.1 Å². The number of carbonyl (C=O) groups excluding carboxylic acids is 2. The number of rotatable bonds is 7. The zero-order chi connectivity index (χ0) is 25.4. The summed E-state index contributed by atoms with van der Waals surface area (Å²) >= 11 is 1.56. The van der Waals surface area contributed by atoms with Crippen LogP contribution in [0.25, 0.3) is 10.2 Å². The topological polar surface area (TPSA) is 63.6 Å². The number of fused-ring (bicyclic) bond motifs is 3. The second-order valence-electron chi connectivity index (χ2n) is 9.58. The summed E-state index contributed by atoms with van der Waals surface area (Å²) in [5, 5.41) is 5.96. The number of benzene rings is 2. The minimum atomic E-state index is -1.13. The van der Waals surface area contributed by atoms with E-state index < -0.39 is 5.54 Å². The van der Waals surface area contributed by atoms with Crippen LogP contribution in [0.15, 0.2) is 66.0 Å². The maximum Gasteiger partial charge on any atom is 0.271 e. The molecule has 0 radical (unpaired) electrons. The van der Waals surface area contributed by atoms with Gasteiger partial charge in [-0.15, -0.1) is 11.3 Å². The van der Waals surface area contributed by atoms with Gasteiger partial charge in [-0.05, 0) is 73.7 Å². The van der Waals surface area contributed by atoms with Crippen molar-refractivity contribution in [2.75, 3.05) is 0 Å². The van der Waals surface area contributed by atoms with Gasteiger partial charge in [-0.3, -0.25) is 9.59 Å². The number of halogens is 1. The Morgan fingerprint density at radius 1 is 1.11 bits per heavy atom. The summed E-state index contributed by atoms with van der Waals surface area (Å²) in [5.41, 5.74) is 1.14. The number of hydrogen-bond acceptors (Lipinski definition) is 4. The number of nitrogens with zero attached hydrogens (tertiary/aromatic N) is 2. The van der Waals surface area contributed by atoms with Crippen molar-refractivity contribution in [2.24, 2.45) is 0 Å². The van der Waals surface area contributed by atoms with Gasteiger partial charge in [0.05, 0.1) is 12.6 Å². The van der Waals surface area contributed by atoms with E-state index in [9.17, 15) is 14.0 Å². The molecule has 0 saturated heterocycles. The van der Waals surface area contributed by atoms with Crippen LogP contribution >= 0.6 is 11.3 Å². The van der Waals surface area contributed by atoms with Crippen LogP contribution in [0.1, 0.15) is 42.4 Å². The molecule has 186 valence electrons. The van der Waals surface area contributed by atoms with Crippen LogP contribution in [-0.2, 0) is 24.4 Å². The Morgan fingerprint density at radius 3 is 2.50 bits per heavy atom. The summed E-state index contributed by atoms with van der Waals surface area (Å²) in [5.74, 6) is -0.0192. The number of hydrogen-bond donors (Lipinski definition) is 1. The molecular formula is C28H28FN3O3S. The van der Waals surface area contributed by atoms with Gasteiger partial charge >= 0.3 is 0 Å². The first kappa shape index (κ1) is 24.1. The number of carbonyl (C=O) groups is 2. The third-order valence-electron chi connectivity index (χ3n) is 6.52. The molecular weight excluding hydrogens is 477 g/mol. The molecule has 1 atom stereocenters. The standard InChI is InChI=1S/C28H28FN3O3S/c1-18(2)35-23-10-6-20(7-11-23)16-32-25(33)24-14-21-12-13-36-26(21)31(24)17-28(32,3)27(34)30-15-19-4-8-22(29)9-5-19/h4-14,18H,15-17H2,1-3H3,(H,30,34)/t28-/m1/s1. The lowest BCUT2D eigenvalue weighted by atomic mass is 9.93. The molecule has 36 heavy (non-hydrogen) atoms. The molecule has 5 rings (SSSR count). The van der Waals surface area contributed by atoms with Crippen LogP contribution in [-0.4, -0.2) is 32.9 Å². The fourth-order valence-electron chi connectivity index (χ4n) is 4.61. The van der Waals surface area contributed by atoms with Gasteiger partial charge < -0.3 is 19.5 Å². The first-order chi connectivity index (χ1) is 17.2. The predicted octanol–water partition coefficient (Wildman–Crippen LogP) is 5.36. The van der Waals surface area contributed by atoms with E-state index in [0.717, 1.165) is 27.1 Å². The normalized spacial score (nSPS) is 17.5. The fourth-order valence-corrected chi connectivity index (χ4v) is 5.51. The van der Waals surface area contributed by atoms with Gasteiger partial charge in [0.25, 0.3) is 5.91 Å². The summed E-state index contributed by atoms with van der Waals surface area (Å²) in [6.07, 6.45) is 0.0641. The average molecular weight is 506 g/mol. The Balaban J connectivity index is 1.45. The molecule has 2 aromatic carbocycles. The van der Waals surface area contributed by atoms with Crippen molar-refractivity contribution in [1.82, 2.24) is 14.8 Å². The zero-order valence-electron chi connectivity index (χ0n) is 20.5. The highest BCUT2D eigenvalue weighted by molar-refractivity contribution is 7.16. The van der Waals surface area contributed by atoms with Crippen molar-refractivity contribution in [2.45, 2.75) is 52.0 Å². The average Bonchev–Trinajstić information content (AvgIpc) is 3.44. The van der Waals surface area contributed by atoms with E-state index in [4.69, 9.17) is 4.74 Å². The highest BCUT2D eigenvalue weighted by Gasteiger charge is 2.47. The molecule has 0 aliphatic carbocycles. The largest absolute Gasteiger partial charge is 0.491 e. The predicted molar refractivity (Wildman–Crippen MR) is 139 cm³/mol. The molecule has 8 heteroatoms. The second-order valence-corrected chi connectivity index (χ2v) is 10.5. The Kier molecular flexibility index (Phi) is 6.30. The van der Waals surface area contributed by atoms with E-state index in [0.29, 0.717) is 12.2 Å². The molecule has 2 aromatic heterocycles. The highest BCUT2D eigenvalue weighted by atomic mass is 32.1. The third-order valence-corrected chi connectivity index (χ3v) is 7.47. The number of nitrogens with one attached hydrogen (secondary N) is 1. The quantitative estimate of drug-likeness (QED) is 0.368. The smallest absolute Gasteiger partial charge is 0.271 e. The fraction of sp³-hybridized carbons (Fsp3) is 0.286. The molecule has 4 aromatic rings. The van der Waals surface area contributed by atoms with Gasteiger partial charge in [0, 0.05) is 18.5 Å². The second kappa shape index (κ2) is 9.43. The number of aromatic nitrogens is 1. The van der Waals surface area contributed by atoms with E-state index in [1.54, 1.807) is 28.4 Å². The SMILES string of the molecule is CC(C)Oc1ccc(CN2C(=O)c3cc4ccsc4n3C[C@]2(C)C(=O)NCc2ccc(F)cc2)cc1. The molecule has 2 amide bonds. The van der Waals surface area contributed by atoms with Gasteiger partial charge in [0.15, 0.2) is 0 Å².